The molecule has 4 nitrogen and oxygen atoms in total. The smallest absolute Gasteiger partial charge is 0.278 e. The van der Waals surface area contributed by atoms with Gasteiger partial charge in [0.25, 0.3) is 5.91 Å². The number of nitrogens with zero attached hydrogens (tertiary/aromatic N) is 2. The summed E-state index contributed by atoms with van der Waals surface area (Å²) in [5, 5.41) is 6.61. The quantitative estimate of drug-likeness (QED) is 0.591. The van der Waals surface area contributed by atoms with E-state index in [1.54, 1.807) is 6.07 Å². The number of thiophene rings is 1. The van der Waals surface area contributed by atoms with Gasteiger partial charge in [0.2, 0.25) is 0 Å². The number of carbonyl (C=O) groups is 1. The van der Waals surface area contributed by atoms with E-state index >= 15 is 0 Å². The Morgan fingerprint density at radius 2 is 1.88 bits per heavy atom. The lowest BCUT2D eigenvalue weighted by atomic mass is 10.1. The van der Waals surface area contributed by atoms with Gasteiger partial charge < -0.3 is 9.88 Å². The molecule has 0 aliphatic rings. The lowest BCUT2D eigenvalue weighted by molar-refractivity contribution is 0.0999. The Balaban J connectivity index is 1.94. The third kappa shape index (κ3) is 2.83. The van der Waals surface area contributed by atoms with Crippen LogP contribution in [-0.2, 0) is 0 Å². The molecule has 0 saturated carbocycles. The third-order valence-corrected chi connectivity index (χ3v) is 4.87. The molecular weight excluding hydrogens is 330 g/mol. The SMILES string of the molecule is CN(C)c1cccc2c1[nH]c1cc(=NC(=O)c3ccsc3)cccc12. The zero-order valence-electron chi connectivity index (χ0n) is 14.0. The summed E-state index contributed by atoms with van der Waals surface area (Å²) in [6.45, 7) is 0. The first kappa shape index (κ1) is 15.6. The summed E-state index contributed by atoms with van der Waals surface area (Å²) < 4.78 is 0. The third-order valence-electron chi connectivity index (χ3n) is 4.19. The van der Waals surface area contributed by atoms with Crippen molar-refractivity contribution in [2.75, 3.05) is 19.0 Å². The minimum absolute atomic E-state index is 0.217. The Labute approximate surface area is 149 Å². The normalized spacial score (nSPS) is 12.0. The molecule has 2 aromatic carbocycles. The van der Waals surface area contributed by atoms with Crippen molar-refractivity contribution in [2.45, 2.75) is 0 Å². The van der Waals surface area contributed by atoms with Gasteiger partial charge in [0, 0.05) is 35.8 Å². The van der Waals surface area contributed by atoms with Gasteiger partial charge in [-0.1, -0.05) is 24.3 Å². The van der Waals surface area contributed by atoms with Gasteiger partial charge in [-0.2, -0.15) is 11.3 Å². The van der Waals surface area contributed by atoms with Gasteiger partial charge >= 0.3 is 0 Å². The number of hydrogen-bond donors (Lipinski definition) is 1. The predicted molar refractivity (Wildman–Crippen MR) is 104 cm³/mol. The van der Waals surface area contributed by atoms with Crippen LogP contribution in [0.15, 0.2) is 64.3 Å². The summed E-state index contributed by atoms with van der Waals surface area (Å²) in [5.74, 6) is -0.217. The Bertz CT molecular complexity index is 1140. The second-order valence-electron chi connectivity index (χ2n) is 6.07. The highest BCUT2D eigenvalue weighted by molar-refractivity contribution is 7.08. The van der Waals surface area contributed by atoms with E-state index < -0.39 is 0 Å². The summed E-state index contributed by atoms with van der Waals surface area (Å²) in [6.07, 6.45) is 0. The average molecular weight is 347 g/mol. The molecule has 4 aromatic rings. The van der Waals surface area contributed by atoms with E-state index in [9.17, 15) is 4.79 Å². The number of para-hydroxylation sites is 1. The minimum atomic E-state index is -0.217. The highest BCUT2D eigenvalue weighted by Crippen LogP contribution is 2.30. The van der Waals surface area contributed by atoms with E-state index in [0.717, 1.165) is 27.5 Å². The number of amides is 1. The van der Waals surface area contributed by atoms with E-state index in [1.165, 1.54) is 11.3 Å². The molecule has 0 aliphatic carbocycles. The van der Waals surface area contributed by atoms with Crippen LogP contribution in [0.3, 0.4) is 0 Å². The monoisotopic (exact) mass is 347 g/mol. The maximum absolute atomic E-state index is 12.3. The molecule has 0 spiro atoms. The molecule has 25 heavy (non-hydrogen) atoms. The average Bonchev–Trinajstić information content (AvgIpc) is 3.19. The van der Waals surface area contributed by atoms with Gasteiger partial charge in [-0.3, -0.25) is 4.79 Å². The molecule has 0 saturated heterocycles. The van der Waals surface area contributed by atoms with Crippen molar-refractivity contribution < 1.29 is 4.79 Å². The van der Waals surface area contributed by atoms with Crippen LogP contribution < -0.4 is 10.3 Å². The lowest BCUT2D eigenvalue weighted by Gasteiger charge is -2.13. The topological polar surface area (TPSA) is 48.5 Å². The fraction of sp³-hybridized carbons (Fsp3) is 0.100. The van der Waals surface area contributed by atoms with Crippen molar-refractivity contribution in [1.29, 1.82) is 0 Å². The van der Waals surface area contributed by atoms with E-state index in [1.807, 2.05) is 43.1 Å². The molecule has 124 valence electrons. The zero-order valence-corrected chi connectivity index (χ0v) is 14.8. The first-order chi connectivity index (χ1) is 12.1. The zero-order chi connectivity index (χ0) is 17.4. The van der Waals surface area contributed by atoms with Crippen LogP contribution in [0.2, 0.25) is 0 Å². The summed E-state index contributed by atoms with van der Waals surface area (Å²) in [4.78, 5) is 22.1. The van der Waals surface area contributed by atoms with Crippen molar-refractivity contribution in [3.05, 3.63) is 70.2 Å². The maximum Gasteiger partial charge on any atom is 0.278 e. The van der Waals surface area contributed by atoms with Crippen molar-refractivity contribution in [3.63, 3.8) is 0 Å². The van der Waals surface area contributed by atoms with Gasteiger partial charge in [0.1, 0.15) is 0 Å². The van der Waals surface area contributed by atoms with E-state index in [2.05, 4.69) is 39.1 Å². The van der Waals surface area contributed by atoms with Gasteiger partial charge in [-0.05, 0) is 29.6 Å². The number of rotatable bonds is 2. The summed E-state index contributed by atoms with van der Waals surface area (Å²) in [6, 6.07) is 15.8. The number of carbonyl (C=O) groups excluding carboxylic acids is 1. The predicted octanol–water partition coefficient (Wildman–Crippen LogP) is 4.19. The molecule has 0 bridgehead atoms. The lowest BCUT2D eigenvalue weighted by Crippen LogP contribution is -2.08. The van der Waals surface area contributed by atoms with Gasteiger partial charge in [-0.15, -0.1) is 0 Å². The first-order valence-electron chi connectivity index (χ1n) is 7.97. The maximum atomic E-state index is 12.3. The van der Waals surface area contributed by atoms with Crippen molar-refractivity contribution in [2.24, 2.45) is 4.99 Å². The van der Waals surface area contributed by atoms with Crippen LogP contribution >= 0.6 is 11.3 Å². The summed E-state index contributed by atoms with van der Waals surface area (Å²) >= 11 is 1.49. The first-order valence-corrected chi connectivity index (χ1v) is 8.91. The number of anilines is 1. The van der Waals surface area contributed by atoms with Crippen LogP contribution in [0.4, 0.5) is 5.69 Å². The molecule has 1 amide bonds. The number of fused-ring (bicyclic) bond motifs is 3. The number of hydrogen-bond acceptors (Lipinski definition) is 3. The number of benzene rings is 1. The summed E-state index contributed by atoms with van der Waals surface area (Å²) in [7, 11) is 4.06. The van der Waals surface area contributed by atoms with Gasteiger partial charge in [-0.25, -0.2) is 4.99 Å². The molecule has 0 aliphatic heterocycles. The molecule has 0 radical (unpaired) electrons. The van der Waals surface area contributed by atoms with Crippen LogP contribution in [0.25, 0.3) is 21.8 Å². The molecule has 1 N–H and O–H groups in total. The standard InChI is InChI=1S/C20H17N3OS/c1-23(2)18-8-4-7-16-15-6-3-5-14(11-17(15)22-19(16)18)21-20(24)13-9-10-25-12-13/h3-12,22H,1-2H3. The molecule has 0 fully saturated rings. The molecule has 0 atom stereocenters. The Morgan fingerprint density at radius 3 is 2.64 bits per heavy atom. The highest BCUT2D eigenvalue weighted by Gasteiger charge is 2.09. The van der Waals surface area contributed by atoms with Gasteiger partial charge in [0.05, 0.1) is 22.1 Å². The number of H-pyrrole nitrogens is 1. The Kier molecular flexibility index (Phi) is 3.86. The Morgan fingerprint density at radius 1 is 1.08 bits per heavy atom. The molecule has 0 unspecified atom stereocenters. The van der Waals surface area contributed by atoms with Gasteiger partial charge in [0.15, 0.2) is 0 Å². The fourth-order valence-electron chi connectivity index (χ4n) is 2.99. The second-order valence-corrected chi connectivity index (χ2v) is 6.85. The number of aromatic nitrogens is 1. The molecule has 4 rings (SSSR count). The van der Waals surface area contributed by atoms with Crippen molar-refractivity contribution >= 4 is 44.7 Å². The molecular formula is C20H17N3OS. The molecule has 2 heterocycles. The van der Waals surface area contributed by atoms with Crippen LogP contribution in [0.1, 0.15) is 10.4 Å². The van der Waals surface area contributed by atoms with E-state index in [0.29, 0.717) is 10.9 Å². The molecule has 2 aromatic heterocycles. The van der Waals surface area contributed by atoms with E-state index in [-0.39, 0.29) is 5.91 Å². The largest absolute Gasteiger partial charge is 0.376 e. The van der Waals surface area contributed by atoms with Crippen molar-refractivity contribution in [1.82, 2.24) is 4.98 Å². The molecule has 5 heteroatoms. The highest BCUT2D eigenvalue weighted by atomic mass is 32.1. The second kappa shape index (κ2) is 6.18. The van der Waals surface area contributed by atoms with Crippen LogP contribution in [-0.4, -0.2) is 25.0 Å². The number of aromatic amines is 1. The number of nitrogens with one attached hydrogen (secondary N) is 1. The summed E-state index contributed by atoms with van der Waals surface area (Å²) in [5.41, 5.74) is 3.80. The minimum Gasteiger partial charge on any atom is -0.376 e. The van der Waals surface area contributed by atoms with Crippen molar-refractivity contribution in [3.8, 4) is 0 Å². The van der Waals surface area contributed by atoms with E-state index in [4.69, 9.17) is 0 Å². The van der Waals surface area contributed by atoms with Crippen LogP contribution in [0, 0.1) is 0 Å². The Hall–Kier alpha value is -2.92. The van der Waals surface area contributed by atoms with Crippen LogP contribution in [0.5, 0.6) is 0 Å². The fourth-order valence-corrected chi connectivity index (χ4v) is 3.62.